The van der Waals surface area contributed by atoms with Gasteiger partial charge >= 0.3 is 7.60 Å². The molecule has 2 unspecified atom stereocenters. The first-order valence-electron chi connectivity index (χ1n) is 5.81. The van der Waals surface area contributed by atoms with Crippen molar-refractivity contribution in [3.05, 3.63) is 0 Å². The lowest BCUT2D eigenvalue weighted by Crippen LogP contribution is -2.10. The van der Waals surface area contributed by atoms with Crippen molar-refractivity contribution in [2.75, 3.05) is 12.8 Å². The van der Waals surface area contributed by atoms with Gasteiger partial charge < -0.3 is 4.52 Å². The molecule has 4 heteroatoms. The minimum Gasteiger partial charge on any atom is -0.308 e. The SMILES string of the molecule is C#CC(C)OP(=O)(CCCC)OCC(C)C. The molecular weight excluding hydrogens is 223 g/mol. The lowest BCUT2D eigenvalue weighted by molar-refractivity contribution is 0.172. The molecule has 0 bridgehead atoms. The van der Waals surface area contributed by atoms with E-state index in [-0.39, 0.29) is 0 Å². The van der Waals surface area contributed by atoms with E-state index in [9.17, 15) is 4.57 Å². The first-order chi connectivity index (χ1) is 7.43. The van der Waals surface area contributed by atoms with E-state index in [1.807, 2.05) is 20.8 Å². The molecule has 0 radical (unpaired) electrons. The maximum Gasteiger partial charge on any atom is 0.331 e. The Balaban J connectivity index is 4.37. The summed E-state index contributed by atoms with van der Waals surface area (Å²) in [6.45, 7) is 8.20. The molecule has 0 aliphatic heterocycles. The maximum absolute atomic E-state index is 12.3. The molecular formula is C12H23O3P. The predicted octanol–water partition coefficient (Wildman–Crippen LogP) is 3.69. The van der Waals surface area contributed by atoms with Crippen LogP contribution in [0.4, 0.5) is 0 Å². The zero-order valence-corrected chi connectivity index (χ0v) is 11.6. The van der Waals surface area contributed by atoms with E-state index in [4.69, 9.17) is 15.5 Å². The minimum absolute atomic E-state index is 0.333. The van der Waals surface area contributed by atoms with Gasteiger partial charge in [0.25, 0.3) is 0 Å². The Hall–Kier alpha value is -0.290. The van der Waals surface area contributed by atoms with Crippen LogP contribution in [0.1, 0.15) is 40.5 Å². The van der Waals surface area contributed by atoms with Crippen molar-refractivity contribution in [2.45, 2.75) is 46.6 Å². The molecule has 3 nitrogen and oxygen atoms in total. The predicted molar refractivity (Wildman–Crippen MR) is 67.6 cm³/mol. The van der Waals surface area contributed by atoms with Gasteiger partial charge in [-0.05, 0) is 19.3 Å². The molecule has 0 saturated heterocycles. The summed E-state index contributed by atoms with van der Waals surface area (Å²) in [7, 11) is -3.00. The number of unbranched alkanes of at least 4 members (excludes halogenated alkanes) is 1. The Kier molecular flexibility index (Phi) is 7.76. The number of rotatable bonds is 8. The van der Waals surface area contributed by atoms with Crippen molar-refractivity contribution < 1.29 is 13.6 Å². The molecule has 0 aromatic carbocycles. The summed E-state index contributed by atoms with van der Waals surface area (Å²) in [6.07, 6.45) is 6.98. The van der Waals surface area contributed by atoms with Gasteiger partial charge in [-0.2, -0.15) is 0 Å². The Morgan fingerprint density at radius 2 is 2.00 bits per heavy atom. The summed E-state index contributed by atoms with van der Waals surface area (Å²) in [5, 5.41) is 0. The van der Waals surface area contributed by atoms with Crippen LogP contribution in [-0.2, 0) is 13.6 Å². The largest absolute Gasteiger partial charge is 0.331 e. The van der Waals surface area contributed by atoms with E-state index in [2.05, 4.69) is 5.92 Å². The summed E-state index contributed by atoms with van der Waals surface area (Å²) in [4.78, 5) is 0. The van der Waals surface area contributed by atoms with E-state index in [0.717, 1.165) is 12.8 Å². The van der Waals surface area contributed by atoms with E-state index in [0.29, 0.717) is 18.7 Å². The molecule has 0 saturated carbocycles. The fraction of sp³-hybridized carbons (Fsp3) is 0.833. The van der Waals surface area contributed by atoms with Gasteiger partial charge in [-0.3, -0.25) is 9.09 Å². The summed E-state index contributed by atoms with van der Waals surface area (Å²) in [6, 6.07) is 0. The lowest BCUT2D eigenvalue weighted by Gasteiger charge is -2.21. The fourth-order valence-electron chi connectivity index (χ4n) is 1.03. The van der Waals surface area contributed by atoms with Gasteiger partial charge in [-0.25, -0.2) is 0 Å². The van der Waals surface area contributed by atoms with Crippen LogP contribution in [0, 0.1) is 18.3 Å². The van der Waals surface area contributed by atoms with Gasteiger partial charge in [0, 0.05) is 0 Å². The summed E-state index contributed by atoms with van der Waals surface area (Å²) in [5.74, 6) is 2.74. The molecule has 2 atom stereocenters. The summed E-state index contributed by atoms with van der Waals surface area (Å²) >= 11 is 0. The minimum atomic E-state index is -3.00. The Bertz CT molecular complexity index is 268. The zero-order chi connectivity index (χ0) is 12.6. The third kappa shape index (κ3) is 7.06. The highest BCUT2D eigenvalue weighted by Crippen LogP contribution is 2.50. The third-order valence-corrected chi connectivity index (χ3v) is 3.99. The second-order valence-electron chi connectivity index (χ2n) is 4.29. The normalized spacial score (nSPS) is 16.8. The molecule has 0 N–H and O–H groups in total. The van der Waals surface area contributed by atoms with Crippen molar-refractivity contribution in [1.29, 1.82) is 0 Å². The van der Waals surface area contributed by atoms with Gasteiger partial charge in [0.05, 0.1) is 12.8 Å². The van der Waals surface area contributed by atoms with E-state index < -0.39 is 13.7 Å². The molecule has 0 amide bonds. The molecule has 16 heavy (non-hydrogen) atoms. The van der Waals surface area contributed by atoms with Crippen LogP contribution in [-0.4, -0.2) is 18.9 Å². The molecule has 94 valence electrons. The average Bonchev–Trinajstić information content (AvgIpc) is 2.24. The summed E-state index contributed by atoms with van der Waals surface area (Å²) < 4.78 is 23.0. The standard InChI is InChI=1S/C12H23O3P/c1-6-8-9-16(13,14-10-11(3)4)15-12(5)7-2/h2,11-12H,6,8-10H2,1,3-5H3. The average molecular weight is 246 g/mol. The van der Waals surface area contributed by atoms with Crippen molar-refractivity contribution in [1.82, 2.24) is 0 Å². The molecule has 0 heterocycles. The van der Waals surface area contributed by atoms with Crippen molar-refractivity contribution in [2.24, 2.45) is 5.92 Å². The number of terminal acetylenes is 1. The number of hydrogen-bond acceptors (Lipinski definition) is 3. The third-order valence-electron chi connectivity index (χ3n) is 1.94. The number of hydrogen-bond donors (Lipinski definition) is 0. The van der Waals surface area contributed by atoms with Crippen LogP contribution in [0.15, 0.2) is 0 Å². The zero-order valence-electron chi connectivity index (χ0n) is 10.7. The molecule has 0 rings (SSSR count). The smallest absolute Gasteiger partial charge is 0.308 e. The van der Waals surface area contributed by atoms with Gasteiger partial charge in [0.2, 0.25) is 0 Å². The second kappa shape index (κ2) is 7.90. The van der Waals surface area contributed by atoms with Crippen LogP contribution in [0.25, 0.3) is 0 Å². The Morgan fingerprint density at radius 3 is 2.44 bits per heavy atom. The Labute approximate surface area is 99.4 Å². The van der Waals surface area contributed by atoms with E-state index >= 15 is 0 Å². The van der Waals surface area contributed by atoms with Crippen molar-refractivity contribution in [3.63, 3.8) is 0 Å². The molecule has 0 aliphatic rings. The molecule has 0 aromatic heterocycles. The van der Waals surface area contributed by atoms with Gasteiger partial charge in [-0.1, -0.05) is 33.1 Å². The van der Waals surface area contributed by atoms with Crippen molar-refractivity contribution in [3.8, 4) is 12.3 Å². The topological polar surface area (TPSA) is 35.5 Å². The summed E-state index contributed by atoms with van der Waals surface area (Å²) in [5.41, 5.74) is 0. The molecule has 0 aliphatic carbocycles. The molecule has 0 spiro atoms. The first kappa shape index (κ1) is 15.7. The van der Waals surface area contributed by atoms with Crippen LogP contribution < -0.4 is 0 Å². The highest BCUT2D eigenvalue weighted by atomic mass is 31.2. The maximum atomic E-state index is 12.3. The van der Waals surface area contributed by atoms with E-state index in [1.54, 1.807) is 6.92 Å². The van der Waals surface area contributed by atoms with Crippen LogP contribution in [0.3, 0.4) is 0 Å². The fourth-order valence-corrected chi connectivity index (χ4v) is 3.10. The highest BCUT2D eigenvalue weighted by molar-refractivity contribution is 7.53. The van der Waals surface area contributed by atoms with Crippen LogP contribution in [0.2, 0.25) is 0 Å². The lowest BCUT2D eigenvalue weighted by atomic mass is 10.2. The first-order valence-corrected chi connectivity index (χ1v) is 7.54. The highest BCUT2D eigenvalue weighted by Gasteiger charge is 2.26. The van der Waals surface area contributed by atoms with Crippen LogP contribution >= 0.6 is 7.60 Å². The van der Waals surface area contributed by atoms with E-state index in [1.165, 1.54) is 0 Å². The monoisotopic (exact) mass is 246 g/mol. The van der Waals surface area contributed by atoms with Gasteiger partial charge in [0.15, 0.2) is 0 Å². The van der Waals surface area contributed by atoms with Gasteiger partial charge in [-0.15, -0.1) is 6.42 Å². The second-order valence-corrected chi connectivity index (χ2v) is 6.43. The van der Waals surface area contributed by atoms with Gasteiger partial charge in [0.1, 0.15) is 6.10 Å². The van der Waals surface area contributed by atoms with Crippen LogP contribution in [0.5, 0.6) is 0 Å². The Morgan fingerprint density at radius 1 is 1.38 bits per heavy atom. The molecule has 0 aromatic rings. The molecule has 0 fully saturated rings. The quantitative estimate of drug-likeness (QED) is 0.484. The van der Waals surface area contributed by atoms with Crippen molar-refractivity contribution >= 4 is 7.60 Å².